The van der Waals surface area contributed by atoms with Crippen LogP contribution < -0.4 is 5.32 Å². The van der Waals surface area contributed by atoms with Crippen molar-refractivity contribution in [3.8, 4) is 0 Å². The first-order valence-electron chi connectivity index (χ1n) is 6.57. The first kappa shape index (κ1) is 14.5. The van der Waals surface area contributed by atoms with Gasteiger partial charge in [-0.15, -0.1) is 0 Å². The SMILES string of the molecule is CN1CCC(C)(CNC(=O)c2ccc(Br)cn2)CC1. The summed E-state index contributed by atoms with van der Waals surface area (Å²) in [5, 5.41) is 3.01. The average molecular weight is 326 g/mol. The molecular formula is C14H20BrN3O. The molecule has 1 N–H and O–H groups in total. The van der Waals surface area contributed by atoms with Gasteiger partial charge in [0.25, 0.3) is 5.91 Å². The maximum atomic E-state index is 12.0. The second-order valence-corrected chi connectivity index (χ2v) is 6.57. The summed E-state index contributed by atoms with van der Waals surface area (Å²) in [6.07, 6.45) is 3.89. The van der Waals surface area contributed by atoms with Gasteiger partial charge in [-0.3, -0.25) is 4.79 Å². The summed E-state index contributed by atoms with van der Waals surface area (Å²) in [7, 11) is 2.14. The van der Waals surface area contributed by atoms with Gasteiger partial charge in [-0.25, -0.2) is 4.98 Å². The summed E-state index contributed by atoms with van der Waals surface area (Å²) in [5.41, 5.74) is 0.678. The molecule has 4 nitrogen and oxygen atoms in total. The lowest BCUT2D eigenvalue weighted by Gasteiger charge is -2.37. The Balaban J connectivity index is 1.88. The molecule has 1 aliphatic heterocycles. The summed E-state index contributed by atoms with van der Waals surface area (Å²) in [5.74, 6) is -0.0901. The van der Waals surface area contributed by atoms with Crippen molar-refractivity contribution in [2.24, 2.45) is 5.41 Å². The zero-order valence-electron chi connectivity index (χ0n) is 11.4. The van der Waals surface area contributed by atoms with Crippen LogP contribution in [-0.2, 0) is 0 Å². The van der Waals surface area contributed by atoms with E-state index in [4.69, 9.17) is 0 Å². The van der Waals surface area contributed by atoms with E-state index in [1.165, 1.54) is 0 Å². The van der Waals surface area contributed by atoms with Crippen molar-refractivity contribution in [1.82, 2.24) is 15.2 Å². The normalized spacial score (nSPS) is 19.1. The van der Waals surface area contributed by atoms with Crippen molar-refractivity contribution in [2.75, 3.05) is 26.7 Å². The molecule has 0 aliphatic carbocycles. The van der Waals surface area contributed by atoms with E-state index < -0.39 is 0 Å². The van der Waals surface area contributed by atoms with Crippen LogP contribution in [0.15, 0.2) is 22.8 Å². The third-order valence-electron chi connectivity index (χ3n) is 3.83. The highest BCUT2D eigenvalue weighted by molar-refractivity contribution is 9.10. The van der Waals surface area contributed by atoms with E-state index in [-0.39, 0.29) is 11.3 Å². The number of pyridine rings is 1. The molecule has 2 heterocycles. The molecule has 0 aromatic carbocycles. The van der Waals surface area contributed by atoms with Crippen LogP contribution in [0.25, 0.3) is 0 Å². The zero-order chi connectivity index (χ0) is 13.9. The lowest BCUT2D eigenvalue weighted by atomic mass is 9.80. The van der Waals surface area contributed by atoms with Gasteiger partial charge in [0, 0.05) is 17.2 Å². The number of rotatable bonds is 3. The molecular weight excluding hydrogens is 306 g/mol. The number of nitrogens with zero attached hydrogens (tertiary/aromatic N) is 2. The fourth-order valence-electron chi connectivity index (χ4n) is 2.23. The summed E-state index contributed by atoms with van der Waals surface area (Å²) in [6, 6.07) is 3.57. The van der Waals surface area contributed by atoms with Crippen molar-refractivity contribution in [3.05, 3.63) is 28.5 Å². The van der Waals surface area contributed by atoms with Crippen molar-refractivity contribution in [2.45, 2.75) is 19.8 Å². The molecule has 0 atom stereocenters. The number of halogens is 1. The Morgan fingerprint density at radius 2 is 2.16 bits per heavy atom. The molecule has 1 aliphatic rings. The monoisotopic (exact) mass is 325 g/mol. The smallest absolute Gasteiger partial charge is 0.269 e. The molecule has 0 spiro atoms. The molecule has 2 rings (SSSR count). The summed E-state index contributed by atoms with van der Waals surface area (Å²) >= 11 is 3.31. The molecule has 0 unspecified atom stereocenters. The van der Waals surface area contributed by atoms with Gasteiger partial charge in [0.15, 0.2) is 0 Å². The molecule has 0 radical (unpaired) electrons. The van der Waals surface area contributed by atoms with Gasteiger partial charge in [-0.1, -0.05) is 6.92 Å². The van der Waals surface area contributed by atoms with Crippen LogP contribution in [0.1, 0.15) is 30.3 Å². The number of likely N-dealkylation sites (tertiary alicyclic amines) is 1. The largest absolute Gasteiger partial charge is 0.350 e. The number of piperidine rings is 1. The van der Waals surface area contributed by atoms with E-state index in [0.717, 1.165) is 36.9 Å². The van der Waals surface area contributed by atoms with Crippen molar-refractivity contribution < 1.29 is 4.79 Å². The van der Waals surface area contributed by atoms with Crippen molar-refractivity contribution >= 4 is 21.8 Å². The van der Waals surface area contributed by atoms with Crippen LogP contribution in [0.4, 0.5) is 0 Å². The fraction of sp³-hybridized carbons (Fsp3) is 0.571. The van der Waals surface area contributed by atoms with Crippen LogP contribution in [0.2, 0.25) is 0 Å². The second-order valence-electron chi connectivity index (χ2n) is 5.66. The number of aromatic nitrogens is 1. The van der Waals surface area contributed by atoms with Gasteiger partial charge in [-0.2, -0.15) is 0 Å². The standard InChI is InChI=1S/C14H20BrN3O/c1-14(5-7-18(2)8-6-14)10-17-13(19)12-4-3-11(15)9-16-12/h3-4,9H,5-8,10H2,1-2H3,(H,17,19). The molecule has 1 amide bonds. The third kappa shape index (κ3) is 4.01. The van der Waals surface area contributed by atoms with E-state index >= 15 is 0 Å². The molecule has 19 heavy (non-hydrogen) atoms. The number of hydrogen-bond acceptors (Lipinski definition) is 3. The van der Waals surface area contributed by atoms with E-state index in [1.807, 2.05) is 6.07 Å². The summed E-state index contributed by atoms with van der Waals surface area (Å²) in [6.45, 7) is 5.17. The van der Waals surface area contributed by atoms with E-state index in [9.17, 15) is 4.79 Å². The zero-order valence-corrected chi connectivity index (χ0v) is 13.0. The van der Waals surface area contributed by atoms with Crippen LogP contribution in [0, 0.1) is 5.41 Å². The summed E-state index contributed by atoms with van der Waals surface area (Å²) in [4.78, 5) is 18.4. The first-order valence-corrected chi connectivity index (χ1v) is 7.36. The molecule has 1 aromatic heterocycles. The minimum Gasteiger partial charge on any atom is -0.350 e. The molecule has 1 saturated heterocycles. The van der Waals surface area contributed by atoms with E-state index in [0.29, 0.717) is 5.69 Å². The first-order chi connectivity index (χ1) is 8.98. The highest BCUT2D eigenvalue weighted by Gasteiger charge is 2.29. The van der Waals surface area contributed by atoms with Crippen LogP contribution >= 0.6 is 15.9 Å². The molecule has 5 heteroatoms. The number of carbonyl (C=O) groups is 1. The second kappa shape index (κ2) is 6.01. The van der Waals surface area contributed by atoms with E-state index in [1.54, 1.807) is 12.3 Å². The number of nitrogens with one attached hydrogen (secondary N) is 1. The number of amides is 1. The van der Waals surface area contributed by atoms with Gasteiger partial charge in [-0.05, 0) is 66.5 Å². The third-order valence-corrected chi connectivity index (χ3v) is 4.30. The quantitative estimate of drug-likeness (QED) is 0.927. The Bertz CT molecular complexity index is 439. The maximum absolute atomic E-state index is 12.0. The van der Waals surface area contributed by atoms with Crippen LogP contribution in [-0.4, -0.2) is 42.5 Å². The Morgan fingerprint density at radius 3 is 2.74 bits per heavy atom. The van der Waals surface area contributed by atoms with E-state index in [2.05, 4.69) is 45.1 Å². The van der Waals surface area contributed by atoms with Gasteiger partial charge in [0.2, 0.25) is 0 Å². The Labute approximate surface area is 122 Å². The van der Waals surface area contributed by atoms with Gasteiger partial charge in [0.1, 0.15) is 5.69 Å². The molecule has 0 saturated carbocycles. The molecule has 1 fully saturated rings. The highest BCUT2D eigenvalue weighted by Crippen LogP contribution is 2.29. The van der Waals surface area contributed by atoms with Crippen LogP contribution in [0.5, 0.6) is 0 Å². The molecule has 0 bridgehead atoms. The topological polar surface area (TPSA) is 45.2 Å². The predicted octanol–water partition coefficient (Wildman–Crippen LogP) is 2.31. The number of hydrogen-bond donors (Lipinski definition) is 1. The van der Waals surface area contributed by atoms with Crippen LogP contribution in [0.3, 0.4) is 0 Å². The lowest BCUT2D eigenvalue weighted by Crippen LogP contribution is -2.43. The number of carbonyl (C=O) groups excluding carboxylic acids is 1. The summed E-state index contributed by atoms with van der Waals surface area (Å²) < 4.78 is 0.881. The average Bonchev–Trinajstić information content (AvgIpc) is 2.41. The molecule has 104 valence electrons. The highest BCUT2D eigenvalue weighted by atomic mass is 79.9. The Morgan fingerprint density at radius 1 is 1.47 bits per heavy atom. The van der Waals surface area contributed by atoms with Gasteiger partial charge >= 0.3 is 0 Å². The van der Waals surface area contributed by atoms with Crippen molar-refractivity contribution in [3.63, 3.8) is 0 Å². The Hall–Kier alpha value is -0.940. The van der Waals surface area contributed by atoms with Crippen molar-refractivity contribution in [1.29, 1.82) is 0 Å². The maximum Gasteiger partial charge on any atom is 0.269 e. The minimum absolute atomic E-state index is 0.0901. The Kier molecular flexibility index (Phi) is 4.58. The predicted molar refractivity (Wildman–Crippen MR) is 79.1 cm³/mol. The van der Waals surface area contributed by atoms with Gasteiger partial charge < -0.3 is 10.2 Å². The minimum atomic E-state index is -0.0901. The lowest BCUT2D eigenvalue weighted by molar-refractivity contribution is 0.0887. The molecule has 1 aromatic rings. The van der Waals surface area contributed by atoms with Gasteiger partial charge in [0.05, 0.1) is 0 Å². The fourth-order valence-corrected chi connectivity index (χ4v) is 2.46.